The van der Waals surface area contributed by atoms with E-state index in [1.165, 1.54) is 173 Å². The number of rotatable bonds is 30. The lowest BCUT2D eigenvalue weighted by atomic mass is 10.0. The Labute approximate surface area is 221 Å². The smallest absolute Gasteiger partial charge is 0.233 e. The molecule has 3 nitrogen and oxygen atoms in total. The maximum atomic E-state index is 11.0. The number of nitrogens with two attached hydrogens (primary N) is 1. The minimum atomic E-state index is -0.0324. The van der Waals surface area contributed by atoms with Gasteiger partial charge in [0.25, 0.3) is 0 Å². The second-order valence-electron chi connectivity index (χ2n) is 11.2. The van der Waals surface area contributed by atoms with Gasteiger partial charge in [0.1, 0.15) is 0 Å². The molecule has 0 atom stereocenters. The number of amides is 1. The third-order valence-electron chi connectivity index (χ3n) is 7.67. The van der Waals surface area contributed by atoms with E-state index in [4.69, 9.17) is 5.84 Å². The Balaban J connectivity index is 3.02. The van der Waals surface area contributed by atoms with Crippen LogP contribution in [-0.4, -0.2) is 5.91 Å². The monoisotopic (exact) mass is 495 g/mol. The van der Waals surface area contributed by atoms with Crippen LogP contribution >= 0.6 is 0 Å². The summed E-state index contributed by atoms with van der Waals surface area (Å²) in [6.07, 6.45) is 41.6. The molecule has 0 aliphatic rings. The number of hydrazine groups is 1. The predicted molar refractivity (Wildman–Crippen MR) is 157 cm³/mol. The highest BCUT2D eigenvalue weighted by Crippen LogP contribution is 2.16. The van der Waals surface area contributed by atoms with Crippen molar-refractivity contribution in [3.8, 4) is 0 Å². The highest BCUT2D eigenvalue weighted by Gasteiger charge is 1.98. The minimum Gasteiger partial charge on any atom is -0.294 e. The summed E-state index contributed by atoms with van der Waals surface area (Å²) in [6, 6.07) is 0. The first kappa shape index (κ1) is 34.4. The van der Waals surface area contributed by atoms with E-state index in [9.17, 15) is 4.79 Å². The molecular formula is C32H66N2O. The van der Waals surface area contributed by atoms with E-state index in [0.717, 1.165) is 12.8 Å². The summed E-state index contributed by atoms with van der Waals surface area (Å²) in [5.74, 6) is 5.05. The minimum absolute atomic E-state index is 0.0324. The Hall–Kier alpha value is -0.570. The Kier molecular flexibility index (Phi) is 30.9. The van der Waals surface area contributed by atoms with Crippen LogP contribution in [0.1, 0.15) is 200 Å². The summed E-state index contributed by atoms with van der Waals surface area (Å²) in [7, 11) is 0. The molecule has 0 saturated carbocycles. The van der Waals surface area contributed by atoms with E-state index in [0.29, 0.717) is 6.42 Å². The zero-order valence-electron chi connectivity index (χ0n) is 24.2. The van der Waals surface area contributed by atoms with Gasteiger partial charge in [-0.2, -0.15) is 0 Å². The van der Waals surface area contributed by atoms with Crippen molar-refractivity contribution in [1.29, 1.82) is 0 Å². The number of nitrogens with one attached hydrogen (secondary N) is 1. The van der Waals surface area contributed by atoms with Gasteiger partial charge in [-0.3, -0.25) is 10.2 Å². The van der Waals surface area contributed by atoms with Gasteiger partial charge in [0.15, 0.2) is 0 Å². The molecule has 0 aliphatic carbocycles. The van der Waals surface area contributed by atoms with Crippen molar-refractivity contribution in [1.82, 2.24) is 5.43 Å². The molecule has 0 spiro atoms. The van der Waals surface area contributed by atoms with E-state index in [1.54, 1.807) is 0 Å². The van der Waals surface area contributed by atoms with Gasteiger partial charge in [0, 0.05) is 6.42 Å². The lowest BCUT2D eigenvalue weighted by Crippen LogP contribution is -2.29. The van der Waals surface area contributed by atoms with Crippen LogP contribution in [0.25, 0.3) is 0 Å². The molecule has 0 bridgehead atoms. The second-order valence-corrected chi connectivity index (χ2v) is 11.2. The van der Waals surface area contributed by atoms with E-state index >= 15 is 0 Å². The highest BCUT2D eigenvalue weighted by atomic mass is 16.2. The molecule has 3 heteroatoms. The first-order valence-electron chi connectivity index (χ1n) is 16.3. The van der Waals surface area contributed by atoms with Crippen LogP contribution in [0.2, 0.25) is 0 Å². The average Bonchev–Trinajstić information content (AvgIpc) is 2.87. The van der Waals surface area contributed by atoms with Crippen LogP contribution in [0, 0.1) is 0 Å². The quantitative estimate of drug-likeness (QED) is 0.0451. The normalized spacial score (nSPS) is 11.3. The molecule has 0 rings (SSSR count). The van der Waals surface area contributed by atoms with Gasteiger partial charge < -0.3 is 0 Å². The summed E-state index contributed by atoms with van der Waals surface area (Å²) in [4.78, 5) is 11.0. The molecule has 3 N–H and O–H groups in total. The van der Waals surface area contributed by atoms with Gasteiger partial charge in [-0.05, 0) is 6.42 Å². The van der Waals surface area contributed by atoms with Gasteiger partial charge in [0.2, 0.25) is 5.91 Å². The summed E-state index contributed by atoms with van der Waals surface area (Å²) >= 11 is 0. The van der Waals surface area contributed by atoms with Crippen molar-refractivity contribution in [3.63, 3.8) is 0 Å². The molecule has 0 fully saturated rings. The topological polar surface area (TPSA) is 55.1 Å². The molecule has 1 amide bonds. The fraction of sp³-hybridized carbons (Fsp3) is 0.969. The van der Waals surface area contributed by atoms with E-state index in [2.05, 4.69) is 12.3 Å². The largest absolute Gasteiger partial charge is 0.294 e. The van der Waals surface area contributed by atoms with Crippen molar-refractivity contribution in [3.05, 3.63) is 0 Å². The summed E-state index contributed by atoms with van der Waals surface area (Å²) in [5.41, 5.74) is 2.20. The van der Waals surface area contributed by atoms with Crippen molar-refractivity contribution >= 4 is 5.91 Å². The van der Waals surface area contributed by atoms with Gasteiger partial charge in [-0.25, -0.2) is 5.84 Å². The summed E-state index contributed by atoms with van der Waals surface area (Å²) < 4.78 is 0. The van der Waals surface area contributed by atoms with Crippen LogP contribution in [0.15, 0.2) is 0 Å². The first-order chi connectivity index (χ1) is 17.3. The molecule has 0 radical (unpaired) electrons. The highest BCUT2D eigenvalue weighted by molar-refractivity contribution is 5.74. The van der Waals surface area contributed by atoms with Gasteiger partial charge >= 0.3 is 0 Å². The lowest BCUT2D eigenvalue weighted by Gasteiger charge is -2.04. The number of carbonyl (C=O) groups excluding carboxylic acids is 1. The van der Waals surface area contributed by atoms with Crippen LogP contribution in [0.3, 0.4) is 0 Å². The molecule has 35 heavy (non-hydrogen) atoms. The molecule has 0 heterocycles. The van der Waals surface area contributed by atoms with Crippen molar-refractivity contribution in [2.24, 2.45) is 5.84 Å². The standard InChI is InChI=1S/C32H66N2O/c1-2-3-4-5-6-7-8-9-10-11-12-13-14-15-16-17-18-19-20-21-22-23-24-25-26-27-28-29-30-31-32(35)34-33/h2-31,33H2,1H3,(H,34,35). The van der Waals surface area contributed by atoms with Crippen molar-refractivity contribution in [2.75, 3.05) is 0 Å². The fourth-order valence-electron chi connectivity index (χ4n) is 5.20. The third kappa shape index (κ3) is 31.4. The number of hydrogen-bond donors (Lipinski definition) is 2. The zero-order valence-corrected chi connectivity index (χ0v) is 24.2. The number of carbonyl (C=O) groups is 1. The molecular weight excluding hydrogens is 428 g/mol. The van der Waals surface area contributed by atoms with Crippen LogP contribution < -0.4 is 11.3 Å². The fourth-order valence-corrected chi connectivity index (χ4v) is 5.20. The van der Waals surface area contributed by atoms with E-state index in [-0.39, 0.29) is 5.91 Å². The summed E-state index contributed by atoms with van der Waals surface area (Å²) in [6.45, 7) is 2.30. The lowest BCUT2D eigenvalue weighted by molar-refractivity contribution is -0.121. The van der Waals surface area contributed by atoms with Gasteiger partial charge in [0.05, 0.1) is 0 Å². The Morgan fingerprint density at radius 3 is 0.800 bits per heavy atom. The Bertz CT molecular complexity index is 399. The zero-order chi connectivity index (χ0) is 25.5. The van der Waals surface area contributed by atoms with E-state index < -0.39 is 0 Å². The van der Waals surface area contributed by atoms with Crippen LogP contribution in [-0.2, 0) is 4.79 Å². The number of hydrogen-bond acceptors (Lipinski definition) is 2. The first-order valence-corrected chi connectivity index (χ1v) is 16.3. The maximum absolute atomic E-state index is 11.0. The predicted octanol–water partition coefficient (Wildman–Crippen LogP) is 10.7. The summed E-state index contributed by atoms with van der Waals surface area (Å²) in [5, 5.41) is 0. The van der Waals surface area contributed by atoms with Crippen LogP contribution in [0.5, 0.6) is 0 Å². The molecule has 0 aromatic rings. The molecule has 0 aromatic carbocycles. The molecule has 0 aliphatic heterocycles. The Morgan fingerprint density at radius 1 is 0.400 bits per heavy atom. The Morgan fingerprint density at radius 2 is 0.600 bits per heavy atom. The third-order valence-corrected chi connectivity index (χ3v) is 7.67. The van der Waals surface area contributed by atoms with Crippen LogP contribution in [0.4, 0.5) is 0 Å². The molecule has 0 unspecified atom stereocenters. The van der Waals surface area contributed by atoms with Gasteiger partial charge in [-0.1, -0.05) is 187 Å². The van der Waals surface area contributed by atoms with E-state index in [1.807, 2.05) is 0 Å². The number of unbranched alkanes of at least 4 members (excludes halogenated alkanes) is 28. The molecule has 0 saturated heterocycles. The molecule has 210 valence electrons. The average molecular weight is 495 g/mol. The van der Waals surface area contributed by atoms with Crippen molar-refractivity contribution < 1.29 is 4.79 Å². The van der Waals surface area contributed by atoms with Gasteiger partial charge in [-0.15, -0.1) is 0 Å². The maximum Gasteiger partial charge on any atom is 0.233 e. The molecule has 0 aromatic heterocycles. The second kappa shape index (κ2) is 31.5. The SMILES string of the molecule is CCCCCCCCCCCCCCCCCCCCCCCCCCCCCCCC(=O)NN. The van der Waals surface area contributed by atoms with Crippen molar-refractivity contribution in [2.45, 2.75) is 200 Å².